The molecule has 0 aliphatic rings. The molecule has 2 aromatic carbocycles. The van der Waals surface area contributed by atoms with E-state index in [2.05, 4.69) is 0 Å². The summed E-state index contributed by atoms with van der Waals surface area (Å²) in [4.78, 5) is 46.3. The Morgan fingerprint density at radius 1 is 0.800 bits per heavy atom. The van der Waals surface area contributed by atoms with Crippen LogP contribution < -0.4 is 0 Å². The van der Waals surface area contributed by atoms with E-state index in [1.807, 2.05) is 0 Å². The Balaban J connectivity index is 2.30. The van der Waals surface area contributed by atoms with E-state index in [0.29, 0.717) is 11.1 Å². The predicted octanol–water partition coefficient (Wildman–Crippen LogP) is 2.91. The Morgan fingerprint density at radius 2 is 1.47 bits per heavy atom. The van der Waals surface area contributed by atoms with Gasteiger partial charge in [-0.05, 0) is 35.4 Å². The van der Waals surface area contributed by atoms with Crippen LogP contribution >= 0.6 is 11.6 Å². The van der Waals surface area contributed by atoms with E-state index in [0.717, 1.165) is 0 Å². The predicted molar refractivity (Wildman–Crippen MR) is 105 cm³/mol. The second-order valence-electron chi connectivity index (χ2n) is 6.46. The average Bonchev–Trinajstić information content (AvgIpc) is 2.67. The van der Waals surface area contributed by atoms with Crippen LogP contribution in [0.3, 0.4) is 0 Å². The van der Waals surface area contributed by atoms with Crippen LogP contribution in [-0.4, -0.2) is 55.7 Å². The van der Waals surface area contributed by atoms with Gasteiger partial charge < -0.3 is 20.4 Å². The van der Waals surface area contributed by atoms with Crippen LogP contribution in [0.1, 0.15) is 48.6 Å². The zero-order valence-corrected chi connectivity index (χ0v) is 16.3. The van der Waals surface area contributed by atoms with Crippen molar-refractivity contribution in [1.29, 1.82) is 0 Å². The number of hydrogen-bond donors (Lipinski definition) is 4. The summed E-state index contributed by atoms with van der Waals surface area (Å²) >= 11 is 6.16. The quantitative estimate of drug-likeness (QED) is 0.441. The van der Waals surface area contributed by atoms with Crippen molar-refractivity contribution in [2.45, 2.75) is 19.5 Å². The van der Waals surface area contributed by atoms with E-state index in [-0.39, 0.29) is 47.8 Å². The van der Waals surface area contributed by atoms with Crippen LogP contribution in [0, 0.1) is 0 Å². The van der Waals surface area contributed by atoms with Crippen LogP contribution in [0.2, 0.25) is 5.02 Å². The Bertz CT molecular complexity index is 1000. The van der Waals surface area contributed by atoms with Crippen molar-refractivity contribution < 1.29 is 39.6 Å². The fourth-order valence-electron chi connectivity index (χ4n) is 2.83. The number of nitrogens with zero attached hydrogens (tertiary/aromatic N) is 1. The minimum absolute atomic E-state index is 0.0104. The minimum Gasteiger partial charge on any atom is -0.481 e. The molecule has 158 valence electrons. The Labute approximate surface area is 175 Å². The van der Waals surface area contributed by atoms with Gasteiger partial charge >= 0.3 is 23.9 Å². The van der Waals surface area contributed by atoms with Crippen molar-refractivity contribution in [3.05, 3.63) is 69.2 Å². The molecular formula is C20H18ClNO8. The first-order valence-electron chi connectivity index (χ1n) is 8.64. The third-order valence-corrected chi connectivity index (χ3v) is 4.64. The summed E-state index contributed by atoms with van der Waals surface area (Å²) < 4.78 is 0. The Hall–Kier alpha value is -3.43. The van der Waals surface area contributed by atoms with Gasteiger partial charge in [-0.2, -0.15) is 0 Å². The van der Waals surface area contributed by atoms with Gasteiger partial charge in [0.1, 0.15) is 0 Å². The second-order valence-corrected chi connectivity index (χ2v) is 6.86. The maximum atomic E-state index is 11.4. The second kappa shape index (κ2) is 9.86. The van der Waals surface area contributed by atoms with Gasteiger partial charge in [0, 0.05) is 24.7 Å². The summed E-state index contributed by atoms with van der Waals surface area (Å²) in [5, 5.41) is 36.6. The number of carboxylic acid groups (broad SMARTS) is 4. The highest BCUT2D eigenvalue weighted by atomic mass is 35.5. The number of aliphatic carboxylic acids is 1. The van der Waals surface area contributed by atoms with Gasteiger partial charge in [0.2, 0.25) is 0 Å². The number of hydrogen-bond acceptors (Lipinski definition) is 5. The fraction of sp³-hybridized carbons (Fsp3) is 0.200. The van der Waals surface area contributed by atoms with Gasteiger partial charge in [-0.1, -0.05) is 23.7 Å². The Kier molecular flexibility index (Phi) is 7.51. The third kappa shape index (κ3) is 6.03. The van der Waals surface area contributed by atoms with E-state index in [4.69, 9.17) is 26.9 Å². The fourth-order valence-corrected chi connectivity index (χ4v) is 3.07. The largest absolute Gasteiger partial charge is 0.481 e. The molecule has 0 bridgehead atoms. The minimum atomic E-state index is -1.39. The summed E-state index contributed by atoms with van der Waals surface area (Å²) in [6.45, 7) is 0.412. The molecule has 0 unspecified atom stereocenters. The highest BCUT2D eigenvalue weighted by Gasteiger charge is 2.18. The molecule has 10 heteroatoms. The molecule has 0 aliphatic carbocycles. The first kappa shape index (κ1) is 22.9. The molecule has 0 aliphatic heterocycles. The van der Waals surface area contributed by atoms with Crippen molar-refractivity contribution in [2.75, 3.05) is 6.54 Å². The number of carboxylic acids is 4. The van der Waals surface area contributed by atoms with Crippen LogP contribution in [0.5, 0.6) is 0 Å². The lowest BCUT2D eigenvalue weighted by molar-refractivity contribution is -0.137. The molecule has 0 radical (unpaired) electrons. The van der Waals surface area contributed by atoms with Crippen LogP contribution in [0.4, 0.5) is 0 Å². The lowest BCUT2D eigenvalue weighted by Gasteiger charge is -2.23. The van der Waals surface area contributed by atoms with E-state index in [1.54, 1.807) is 4.90 Å². The van der Waals surface area contributed by atoms with E-state index in [9.17, 15) is 24.3 Å². The lowest BCUT2D eigenvalue weighted by atomic mass is 10.0. The molecule has 30 heavy (non-hydrogen) atoms. The van der Waals surface area contributed by atoms with Crippen molar-refractivity contribution >= 4 is 35.5 Å². The molecule has 0 saturated carbocycles. The first-order chi connectivity index (χ1) is 14.1. The third-order valence-electron chi connectivity index (χ3n) is 4.29. The molecule has 0 saturated heterocycles. The lowest BCUT2D eigenvalue weighted by Crippen LogP contribution is -2.26. The molecule has 2 aromatic rings. The van der Waals surface area contributed by atoms with Gasteiger partial charge in [0.05, 0.1) is 23.1 Å². The molecule has 4 N–H and O–H groups in total. The number of carbonyl (C=O) groups is 4. The highest BCUT2D eigenvalue weighted by molar-refractivity contribution is 6.31. The molecule has 0 aromatic heterocycles. The summed E-state index contributed by atoms with van der Waals surface area (Å²) in [7, 11) is 0. The molecule has 0 spiro atoms. The topological polar surface area (TPSA) is 152 Å². The van der Waals surface area contributed by atoms with Crippen LogP contribution in [0.25, 0.3) is 0 Å². The molecule has 0 heterocycles. The van der Waals surface area contributed by atoms with Crippen molar-refractivity contribution in [1.82, 2.24) is 4.90 Å². The molecule has 2 rings (SSSR count). The van der Waals surface area contributed by atoms with E-state index >= 15 is 0 Å². The molecule has 9 nitrogen and oxygen atoms in total. The van der Waals surface area contributed by atoms with E-state index < -0.39 is 23.9 Å². The SMILES string of the molecule is O=C(O)CCN(Cc1ccc(C(=O)O)c(C(=O)O)c1)Cc1ccc(C(=O)O)cc1Cl. The number of aromatic carboxylic acids is 3. The number of rotatable bonds is 10. The van der Waals surface area contributed by atoms with Crippen molar-refractivity contribution in [3.63, 3.8) is 0 Å². The average molecular weight is 436 g/mol. The van der Waals surface area contributed by atoms with Crippen molar-refractivity contribution in [3.8, 4) is 0 Å². The normalized spacial score (nSPS) is 10.7. The standard InChI is InChI=1S/C20H18ClNO8/c21-16-8-12(18(25)26)2-3-13(16)10-22(6-5-17(23)24)9-11-1-4-14(19(27)28)15(7-11)20(29)30/h1-4,7-8H,5-6,9-10H2,(H,23,24)(H,25,26)(H,27,28)(H,29,30). The molecule has 0 amide bonds. The number of benzene rings is 2. The van der Waals surface area contributed by atoms with Gasteiger partial charge in [-0.3, -0.25) is 9.69 Å². The monoisotopic (exact) mass is 435 g/mol. The van der Waals surface area contributed by atoms with Gasteiger partial charge in [-0.15, -0.1) is 0 Å². The Morgan fingerprint density at radius 3 is 2.00 bits per heavy atom. The van der Waals surface area contributed by atoms with Crippen LogP contribution in [-0.2, 0) is 17.9 Å². The van der Waals surface area contributed by atoms with Gasteiger partial charge in [0.25, 0.3) is 0 Å². The highest BCUT2D eigenvalue weighted by Crippen LogP contribution is 2.22. The zero-order valence-electron chi connectivity index (χ0n) is 15.5. The van der Waals surface area contributed by atoms with E-state index in [1.165, 1.54) is 36.4 Å². The maximum Gasteiger partial charge on any atom is 0.336 e. The van der Waals surface area contributed by atoms with Crippen LogP contribution in [0.15, 0.2) is 36.4 Å². The number of halogens is 1. The summed E-state index contributed by atoms with van der Waals surface area (Å²) in [5.41, 5.74) is 0.322. The maximum absolute atomic E-state index is 11.4. The summed E-state index contributed by atoms with van der Waals surface area (Å²) in [5.74, 6) is -4.92. The van der Waals surface area contributed by atoms with Crippen molar-refractivity contribution in [2.24, 2.45) is 0 Å². The smallest absolute Gasteiger partial charge is 0.336 e. The molecule has 0 fully saturated rings. The van der Waals surface area contributed by atoms with Gasteiger partial charge in [0.15, 0.2) is 0 Å². The van der Waals surface area contributed by atoms with Gasteiger partial charge in [-0.25, -0.2) is 14.4 Å². The summed E-state index contributed by atoms with van der Waals surface area (Å²) in [6, 6.07) is 8.07. The summed E-state index contributed by atoms with van der Waals surface area (Å²) in [6.07, 6.45) is -0.191. The molecular weight excluding hydrogens is 418 g/mol. The first-order valence-corrected chi connectivity index (χ1v) is 9.01. The molecule has 0 atom stereocenters. The zero-order chi connectivity index (χ0) is 22.4.